The van der Waals surface area contributed by atoms with Crippen molar-refractivity contribution in [1.29, 1.82) is 0 Å². The van der Waals surface area contributed by atoms with Crippen LogP contribution >= 0.6 is 0 Å². The summed E-state index contributed by atoms with van der Waals surface area (Å²) >= 11 is 0. The number of carboxylic acid groups (broad SMARTS) is 1. The minimum Gasteiger partial charge on any atom is -0.478 e. The zero-order chi connectivity index (χ0) is 15.6. The summed E-state index contributed by atoms with van der Waals surface area (Å²) in [4.78, 5) is 15.5. The van der Waals surface area contributed by atoms with Gasteiger partial charge in [0.25, 0.3) is 0 Å². The molecular weight excluding hydrogens is 270 g/mol. The molecule has 0 saturated heterocycles. The average molecular weight is 289 g/mol. The summed E-state index contributed by atoms with van der Waals surface area (Å²) in [6, 6.07) is 3.21. The molecule has 0 amide bonds. The molecule has 0 spiro atoms. The first-order chi connectivity index (χ1) is 9.86. The number of pyridine rings is 1. The number of aromatic nitrogens is 3. The highest BCUT2D eigenvalue weighted by molar-refractivity contribution is 5.88. The maximum Gasteiger partial charge on any atom is 0.335 e. The second-order valence-electron chi connectivity index (χ2n) is 5.43. The number of carbonyl (C=O) groups is 1. The maximum absolute atomic E-state index is 11.2. The molecule has 0 aromatic carbocycles. The third-order valence-corrected chi connectivity index (χ3v) is 2.99. The Morgan fingerprint density at radius 1 is 1.29 bits per heavy atom. The fourth-order valence-electron chi connectivity index (χ4n) is 1.77. The second-order valence-corrected chi connectivity index (χ2v) is 5.43. The Kier molecular flexibility index (Phi) is 4.26. The molecule has 0 saturated carbocycles. The van der Waals surface area contributed by atoms with Crippen molar-refractivity contribution in [2.24, 2.45) is 0 Å². The van der Waals surface area contributed by atoms with Crippen molar-refractivity contribution >= 4 is 5.97 Å². The maximum atomic E-state index is 11.2. The zero-order valence-corrected chi connectivity index (χ0v) is 12.6. The Labute approximate surface area is 123 Å². The number of aromatic carboxylic acids is 1. The van der Waals surface area contributed by atoms with Gasteiger partial charge in [-0.25, -0.2) is 9.78 Å². The summed E-state index contributed by atoms with van der Waals surface area (Å²) in [5, 5.41) is 13.3. The standard InChI is InChI=1S/C15H19N3O3/c1-9(2)13-5-11(15(19)20)6-14(17-13)21-12-7-16-18(8-12)10(3)4/h5-10H,1-4H3,(H,19,20). The third-order valence-electron chi connectivity index (χ3n) is 2.99. The lowest BCUT2D eigenvalue weighted by molar-refractivity contribution is 0.0696. The van der Waals surface area contributed by atoms with Gasteiger partial charge in [-0.2, -0.15) is 5.10 Å². The molecule has 0 aliphatic rings. The number of hydrogen-bond donors (Lipinski definition) is 1. The molecule has 2 rings (SSSR count). The summed E-state index contributed by atoms with van der Waals surface area (Å²) in [6.45, 7) is 7.93. The fourth-order valence-corrected chi connectivity index (χ4v) is 1.77. The van der Waals surface area contributed by atoms with E-state index >= 15 is 0 Å². The van der Waals surface area contributed by atoms with E-state index in [1.54, 1.807) is 23.1 Å². The highest BCUT2D eigenvalue weighted by Gasteiger charge is 2.13. The largest absolute Gasteiger partial charge is 0.478 e. The van der Waals surface area contributed by atoms with Gasteiger partial charge in [0.1, 0.15) is 0 Å². The molecule has 0 unspecified atom stereocenters. The van der Waals surface area contributed by atoms with Crippen molar-refractivity contribution < 1.29 is 14.6 Å². The van der Waals surface area contributed by atoms with Crippen LogP contribution in [0.3, 0.4) is 0 Å². The van der Waals surface area contributed by atoms with Crippen LogP contribution in [-0.4, -0.2) is 25.8 Å². The molecular formula is C15H19N3O3. The monoisotopic (exact) mass is 289 g/mol. The first-order valence-corrected chi connectivity index (χ1v) is 6.84. The summed E-state index contributed by atoms with van der Waals surface area (Å²) in [7, 11) is 0. The van der Waals surface area contributed by atoms with Crippen LogP contribution in [0, 0.1) is 0 Å². The topological polar surface area (TPSA) is 77.2 Å². The van der Waals surface area contributed by atoms with E-state index in [0.717, 1.165) is 0 Å². The Hall–Kier alpha value is -2.37. The summed E-state index contributed by atoms with van der Waals surface area (Å²) < 4.78 is 7.40. The molecule has 2 aromatic rings. The van der Waals surface area contributed by atoms with Gasteiger partial charge in [-0.15, -0.1) is 0 Å². The molecule has 2 aromatic heterocycles. The van der Waals surface area contributed by atoms with Crippen LogP contribution in [0.4, 0.5) is 0 Å². The number of ether oxygens (including phenoxy) is 1. The van der Waals surface area contributed by atoms with Gasteiger partial charge in [0.2, 0.25) is 5.88 Å². The van der Waals surface area contributed by atoms with E-state index in [1.807, 2.05) is 27.7 Å². The van der Waals surface area contributed by atoms with Crippen LogP contribution in [0.15, 0.2) is 24.5 Å². The first-order valence-electron chi connectivity index (χ1n) is 6.84. The Morgan fingerprint density at radius 3 is 2.52 bits per heavy atom. The Balaban J connectivity index is 2.31. The Bertz CT molecular complexity index is 647. The lowest BCUT2D eigenvalue weighted by Crippen LogP contribution is -2.03. The zero-order valence-electron chi connectivity index (χ0n) is 12.6. The molecule has 0 atom stereocenters. The summed E-state index contributed by atoms with van der Waals surface area (Å²) in [5.41, 5.74) is 0.848. The SMILES string of the molecule is CC(C)c1cc(C(=O)O)cc(Oc2cnn(C(C)C)c2)n1. The van der Waals surface area contributed by atoms with Gasteiger partial charge in [0, 0.05) is 17.8 Å². The van der Waals surface area contributed by atoms with Crippen LogP contribution < -0.4 is 4.74 Å². The number of nitrogens with zero attached hydrogens (tertiary/aromatic N) is 3. The third kappa shape index (κ3) is 3.59. The average Bonchev–Trinajstić information content (AvgIpc) is 2.87. The molecule has 6 nitrogen and oxygen atoms in total. The van der Waals surface area contributed by atoms with Crippen molar-refractivity contribution in [3.8, 4) is 11.6 Å². The first kappa shape index (κ1) is 15.0. The van der Waals surface area contributed by atoms with Crippen LogP contribution in [0.1, 0.15) is 55.7 Å². The van der Waals surface area contributed by atoms with Crippen molar-refractivity contribution in [3.63, 3.8) is 0 Å². The summed E-state index contributed by atoms with van der Waals surface area (Å²) in [5.74, 6) is -0.0811. The minimum atomic E-state index is -0.998. The van der Waals surface area contributed by atoms with E-state index in [-0.39, 0.29) is 23.4 Å². The van der Waals surface area contributed by atoms with Gasteiger partial charge in [0.05, 0.1) is 18.0 Å². The second kappa shape index (κ2) is 5.95. The van der Waals surface area contributed by atoms with Crippen molar-refractivity contribution in [2.45, 2.75) is 39.7 Å². The molecule has 0 aliphatic heterocycles. The molecule has 2 heterocycles. The van der Waals surface area contributed by atoms with Gasteiger partial charge in [-0.3, -0.25) is 4.68 Å². The fraction of sp³-hybridized carbons (Fsp3) is 0.400. The quantitative estimate of drug-likeness (QED) is 0.911. The van der Waals surface area contributed by atoms with E-state index < -0.39 is 5.97 Å². The van der Waals surface area contributed by atoms with E-state index in [9.17, 15) is 4.79 Å². The lowest BCUT2D eigenvalue weighted by atomic mass is 10.1. The normalized spacial score (nSPS) is 11.1. The lowest BCUT2D eigenvalue weighted by Gasteiger charge is -2.09. The molecule has 0 bridgehead atoms. The molecule has 1 N–H and O–H groups in total. The van der Waals surface area contributed by atoms with Crippen LogP contribution in [0.25, 0.3) is 0 Å². The number of hydrogen-bond acceptors (Lipinski definition) is 4. The predicted octanol–water partition coefficient (Wildman–Crippen LogP) is 3.47. The van der Waals surface area contributed by atoms with Gasteiger partial charge >= 0.3 is 5.97 Å². The predicted molar refractivity (Wildman–Crippen MR) is 78.0 cm³/mol. The summed E-state index contributed by atoms with van der Waals surface area (Å²) in [6.07, 6.45) is 3.35. The molecule has 0 aliphatic carbocycles. The van der Waals surface area contributed by atoms with Crippen molar-refractivity contribution in [1.82, 2.24) is 14.8 Å². The van der Waals surface area contributed by atoms with E-state index in [4.69, 9.17) is 9.84 Å². The number of rotatable bonds is 5. The number of carboxylic acids is 1. The van der Waals surface area contributed by atoms with Crippen molar-refractivity contribution in [3.05, 3.63) is 35.8 Å². The van der Waals surface area contributed by atoms with Gasteiger partial charge in [0.15, 0.2) is 5.75 Å². The van der Waals surface area contributed by atoms with Gasteiger partial charge < -0.3 is 9.84 Å². The van der Waals surface area contributed by atoms with Crippen LogP contribution in [0.2, 0.25) is 0 Å². The van der Waals surface area contributed by atoms with Crippen molar-refractivity contribution in [2.75, 3.05) is 0 Å². The molecule has 21 heavy (non-hydrogen) atoms. The highest BCUT2D eigenvalue weighted by atomic mass is 16.5. The van der Waals surface area contributed by atoms with Crippen LogP contribution in [0.5, 0.6) is 11.6 Å². The molecule has 0 radical (unpaired) electrons. The Morgan fingerprint density at radius 2 is 2.00 bits per heavy atom. The minimum absolute atomic E-state index is 0.116. The van der Waals surface area contributed by atoms with E-state index in [0.29, 0.717) is 11.4 Å². The highest BCUT2D eigenvalue weighted by Crippen LogP contribution is 2.24. The molecule has 0 fully saturated rings. The molecule has 112 valence electrons. The van der Waals surface area contributed by atoms with Gasteiger partial charge in [-0.1, -0.05) is 13.8 Å². The smallest absolute Gasteiger partial charge is 0.335 e. The molecule has 6 heteroatoms. The van der Waals surface area contributed by atoms with Crippen LogP contribution in [-0.2, 0) is 0 Å². The van der Waals surface area contributed by atoms with E-state index in [1.165, 1.54) is 6.07 Å². The van der Waals surface area contributed by atoms with E-state index in [2.05, 4.69) is 10.1 Å². The van der Waals surface area contributed by atoms with Gasteiger partial charge in [-0.05, 0) is 25.8 Å².